The zero-order chi connectivity index (χ0) is 14.6. The molecule has 0 amide bonds. The minimum absolute atomic E-state index is 0.0992. The van der Waals surface area contributed by atoms with Crippen molar-refractivity contribution >= 4 is 15.5 Å². The maximum Gasteiger partial charge on any atom is 0.152 e. The molecule has 1 fully saturated rings. The van der Waals surface area contributed by atoms with Gasteiger partial charge in [0.05, 0.1) is 17.2 Å². The Kier molecular flexibility index (Phi) is 4.99. The van der Waals surface area contributed by atoms with Crippen molar-refractivity contribution in [3.05, 3.63) is 29.6 Å². The summed E-state index contributed by atoms with van der Waals surface area (Å²) in [5.74, 6) is 0.0161. The van der Waals surface area contributed by atoms with Gasteiger partial charge in [0, 0.05) is 19.6 Å². The molecule has 0 saturated carbocycles. The van der Waals surface area contributed by atoms with E-state index in [1.807, 2.05) is 17.9 Å². The SMILES string of the molecule is CCNCc1cccc(F)c1N1CCCS(=O)(=O)CC1. The van der Waals surface area contributed by atoms with Crippen LogP contribution in [0.15, 0.2) is 18.2 Å². The lowest BCUT2D eigenvalue weighted by Gasteiger charge is -2.25. The second kappa shape index (κ2) is 6.54. The highest BCUT2D eigenvalue weighted by Gasteiger charge is 2.22. The minimum atomic E-state index is -2.98. The van der Waals surface area contributed by atoms with Crippen molar-refractivity contribution in [2.45, 2.75) is 19.9 Å². The van der Waals surface area contributed by atoms with Crippen LogP contribution in [0, 0.1) is 5.82 Å². The van der Waals surface area contributed by atoms with Crippen LogP contribution in [0.3, 0.4) is 0 Å². The van der Waals surface area contributed by atoms with Gasteiger partial charge in [-0.25, -0.2) is 12.8 Å². The van der Waals surface area contributed by atoms with Crippen molar-refractivity contribution < 1.29 is 12.8 Å². The van der Waals surface area contributed by atoms with Gasteiger partial charge in [-0.3, -0.25) is 0 Å². The minimum Gasteiger partial charge on any atom is -0.368 e. The Morgan fingerprint density at radius 3 is 2.85 bits per heavy atom. The average Bonchev–Trinajstić information content (AvgIpc) is 2.57. The fraction of sp³-hybridized carbons (Fsp3) is 0.571. The molecule has 0 aliphatic carbocycles. The van der Waals surface area contributed by atoms with Crippen molar-refractivity contribution in [1.29, 1.82) is 0 Å². The molecule has 1 heterocycles. The third-order valence-corrected chi connectivity index (χ3v) is 5.22. The average molecular weight is 300 g/mol. The molecular weight excluding hydrogens is 279 g/mol. The highest BCUT2D eigenvalue weighted by atomic mass is 32.2. The maximum absolute atomic E-state index is 14.2. The van der Waals surface area contributed by atoms with Gasteiger partial charge in [-0.1, -0.05) is 19.1 Å². The molecule has 4 nitrogen and oxygen atoms in total. The lowest BCUT2D eigenvalue weighted by Crippen LogP contribution is -2.29. The number of hydrogen-bond acceptors (Lipinski definition) is 4. The van der Waals surface area contributed by atoms with E-state index in [9.17, 15) is 12.8 Å². The second-order valence-corrected chi connectivity index (χ2v) is 7.32. The van der Waals surface area contributed by atoms with Gasteiger partial charge < -0.3 is 10.2 Å². The number of halogens is 1. The highest BCUT2D eigenvalue weighted by Crippen LogP contribution is 2.26. The molecule has 20 heavy (non-hydrogen) atoms. The van der Waals surface area contributed by atoms with Gasteiger partial charge in [0.25, 0.3) is 0 Å². The van der Waals surface area contributed by atoms with Crippen molar-refractivity contribution in [3.63, 3.8) is 0 Å². The Bertz CT molecular complexity index is 560. The first-order chi connectivity index (χ1) is 9.53. The third kappa shape index (κ3) is 3.70. The van der Waals surface area contributed by atoms with Crippen LogP contribution in [0.1, 0.15) is 18.9 Å². The smallest absolute Gasteiger partial charge is 0.152 e. The molecule has 0 spiro atoms. The van der Waals surface area contributed by atoms with E-state index in [1.165, 1.54) is 6.07 Å². The number of rotatable bonds is 4. The van der Waals surface area contributed by atoms with Crippen molar-refractivity contribution in [2.75, 3.05) is 36.0 Å². The Labute approximate surface area is 119 Å². The molecule has 1 aliphatic rings. The summed E-state index contributed by atoms with van der Waals surface area (Å²) in [4.78, 5) is 1.87. The fourth-order valence-electron chi connectivity index (χ4n) is 2.48. The molecule has 112 valence electrons. The molecule has 1 saturated heterocycles. The lowest BCUT2D eigenvalue weighted by molar-refractivity contribution is 0.596. The predicted molar refractivity (Wildman–Crippen MR) is 79.3 cm³/mol. The molecule has 1 aliphatic heterocycles. The highest BCUT2D eigenvalue weighted by molar-refractivity contribution is 7.91. The lowest BCUT2D eigenvalue weighted by atomic mass is 10.1. The van der Waals surface area contributed by atoms with Crippen LogP contribution in [0.4, 0.5) is 10.1 Å². The molecule has 6 heteroatoms. The molecular formula is C14H21FN2O2S. The van der Waals surface area contributed by atoms with Crippen LogP contribution in [0.5, 0.6) is 0 Å². The summed E-state index contributed by atoms with van der Waals surface area (Å²) in [5, 5.41) is 3.19. The van der Waals surface area contributed by atoms with E-state index in [0.717, 1.165) is 12.1 Å². The number of para-hydroxylation sites is 1. The first-order valence-electron chi connectivity index (χ1n) is 6.97. The van der Waals surface area contributed by atoms with Gasteiger partial charge in [0.15, 0.2) is 9.84 Å². The van der Waals surface area contributed by atoms with Crippen molar-refractivity contribution in [3.8, 4) is 0 Å². The molecule has 0 aromatic heterocycles. The summed E-state index contributed by atoms with van der Waals surface area (Å²) in [6.45, 7) is 4.34. The van der Waals surface area contributed by atoms with Gasteiger partial charge in [-0.2, -0.15) is 0 Å². The molecule has 0 radical (unpaired) electrons. The van der Waals surface area contributed by atoms with E-state index in [0.29, 0.717) is 31.7 Å². The van der Waals surface area contributed by atoms with Crippen LogP contribution >= 0.6 is 0 Å². The Morgan fingerprint density at radius 2 is 2.10 bits per heavy atom. The topological polar surface area (TPSA) is 49.4 Å². The number of sulfone groups is 1. The van der Waals surface area contributed by atoms with E-state index < -0.39 is 9.84 Å². The van der Waals surface area contributed by atoms with E-state index in [1.54, 1.807) is 6.07 Å². The van der Waals surface area contributed by atoms with Gasteiger partial charge in [0.1, 0.15) is 5.82 Å². The maximum atomic E-state index is 14.2. The van der Waals surface area contributed by atoms with Crippen LogP contribution in [-0.4, -0.2) is 39.6 Å². The first-order valence-corrected chi connectivity index (χ1v) is 8.79. The summed E-state index contributed by atoms with van der Waals surface area (Å²) in [6.07, 6.45) is 0.553. The standard InChI is InChI=1S/C14H21FN2O2S/c1-2-16-11-12-5-3-6-13(15)14(12)17-7-4-9-20(18,19)10-8-17/h3,5-6,16H,2,4,7-11H2,1H3. The number of benzene rings is 1. The van der Waals surface area contributed by atoms with Gasteiger partial charge in [-0.15, -0.1) is 0 Å². The molecule has 2 rings (SSSR count). The van der Waals surface area contributed by atoms with Crippen LogP contribution < -0.4 is 10.2 Å². The summed E-state index contributed by atoms with van der Waals surface area (Å²) >= 11 is 0. The van der Waals surface area contributed by atoms with E-state index >= 15 is 0 Å². The zero-order valence-electron chi connectivity index (χ0n) is 11.7. The molecule has 1 aromatic rings. The number of anilines is 1. The molecule has 0 unspecified atom stereocenters. The number of nitrogens with one attached hydrogen (secondary N) is 1. The summed E-state index contributed by atoms with van der Waals surface area (Å²) in [5.41, 5.74) is 1.43. The zero-order valence-corrected chi connectivity index (χ0v) is 12.5. The third-order valence-electron chi connectivity index (χ3n) is 3.51. The van der Waals surface area contributed by atoms with Crippen molar-refractivity contribution in [2.24, 2.45) is 0 Å². The molecule has 0 atom stereocenters. The largest absolute Gasteiger partial charge is 0.368 e. The Morgan fingerprint density at radius 1 is 1.30 bits per heavy atom. The number of hydrogen-bond donors (Lipinski definition) is 1. The Hall–Kier alpha value is -1.14. The quantitative estimate of drug-likeness (QED) is 0.917. The monoisotopic (exact) mass is 300 g/mol. The van der Waals surface area contributed by atoms with E-state index in [-0.39, 0.29) is 17.3 Å². The summed E-state index contributed by atoms with van der Waals surface area (Å²) in [7, 11) is -2.98. The van der Waals surface area contributed by atoms with Crippen LogP contribution in [0.2, 0.25) is 0 Å². The first kappa shape index (κ1) is 15.3. The molecule has 1 N–H and O–H groups in total. The van der Waals surface area contributed by atoms with E-state index in [4.69, 9.17) is 0 Å². The van der Waals surface area contributed by atoms with Gasteiger partial charge >= 0.3 is 0 Å². The Balaban J connectivity index is 2.26. The second-order valence-electron chi connectivity index (χ2n) is 5.02. The van der Waals surface area contributed by atoms with Crippen LogP contribution in [-0.2, 0) is 16.4 Å². The predicted octanol–water partition coefficient (Wildman–Crippen LogP) is 1.56. The van der Waals surface area contributed by atoms with Gasteiger partial charge in [0.2, 0.25) is 0 Å². The number of nitrogens with zero attached hydrogens (tertiary/aromatic N) is 1. The van der Waals surface area contributed by atoms with Crippen LogP contribution in [0.25, 0.3) is 0 Å². The molecule has 0 bridgehead atoms. The fourth-order valence-corrected chi connectivity index (χ4v) is 3.75. The molecule has 1 aromatic carbocycles. The summed E-state index contributed by atoms with van der Waals surface area (Å²) < 4.78 is 37.5. The normalized spacial score (nSPS) is 18.8. The summed E-state index contributed by atoms with van der Waals surface area (Å²) in [6, 6.07) is 5.02. The van der Waals surface area contributed by atoms with Gasteiger partial charge in [-0.05, 0) is 24.6 Å². The van der Waals surface area contributed by atoms with E-state index in [2.05, 4.69) is 5.32 Å². The van der Waals surface area contributed by atoms with Crippen molar-refractivity contribution in [1.82, 2.24) is 5.32 Å².